The monoisotopic (exact) mass is 262 g/mol. The molecule has 0 aliphatic carbocycles. The molecule has 0 aromatic rings. The first-order valence-electron chi connectivity index (χ1n) is 7.27. The average molecular weight is 262 g/mol. The molecule has 0 amide bonds. The topological polar surface area (TPSA) is 17.1 Å². The number of carbonyl (C=O) groups is 1. The zero-order chi connectivity index (χ0) is 14.8. The highest BCUT2D eigenvalue weighted by Crippen LogP contribution is 2.20. The Morgan fingerprint density at radius 3 is 2.11 bits per heavy atom. The summed E-state index contributed by atoms with van der Waals surface area (Å²) in [5, 5.41) is 0. The van der Waals surface area contributed by atoms with Crippen molar-refractivity contribution < 1.29 is 4.79 Å². The highest BCUT2D eigenvalue weighted by Gasteiger charge is 2.09. The summed E-state index contributed by atoms with van der Waals surface area (Å²) >= 11 is 0. The molecule has 19 heavy (non-hydrogen) atoms. The standard InChI is InChI=1S/C18H30O/c1-7-15(4)9-8-10-16(5)12-18(11-14(2)3)13-17(6)19/h7,10-11,18H,8-9,12-13H2,1-6H3. The Bertz CT molecular complexity index is 365. The SMILES string of the molecule is CC=C(C)CCC=C(C)CC(C=C(C)C)CC(C)=O. The lowest BCUT2D eigenvalue weighted by molar-refractivity contribution is -0.117. The molecule has 0 radical (unpaired) electrons. The molecule has 0 spiro atoms. The summed E-state index contributed by atoms with van der Waals surface area (Å²) in [6, 6.07) is 0. The molecule has 0 N–H and O–H groups in total. The minimum atomic E-state index is 0.278. The number of hydrogen-bond donors (Lipinski definition) is 0. The van der Waals surface area contributed by atoms with Crippen molar-refractivity contribution in [2.45, 2.75) is 67.2 Å². The van der Waals surface area contributed by atoms with E-state index >= 15 is 0 Å². The van der Waals surface area contributed by atoms with Crippen LogP contribution in [0.3, 0.4) is 0 Å². The minimum Gasteiger partial charge on any atom is -0.300 e. The van der Waals surface area contributed by atoms with Crippen LogP contribution in [0.2, 0.25) is 0 Å². The van der Waals surface area contributed by atoms with Crippen LogP contribution < -0.4 is 0 Å². The zero-order valence-electron chi connectivity index (χ0n) is 13.5. The lowest BCUT2D eigenvalue weighted by Gasteiger charge is -2.12. The molecule has 0 aromatic heterocycles. The second-order valence-electron chi connectivity index (χ2n) is 5.84. The fraction of sp³-hybridized carbons (Fsp3) is 0.611. The van der Waals surface area contributed by atoms with Crippen molar-refractivity contribution in [3.63, 3.8) is 0 Å². The van der Waals surface area contributed by atoms with E-state index in [-0.39, 0.29) is 5.78 Å². The summed E-state index contributed by atoms with van der Waals surface area (Å²) in [6.07, 6.45) is 10.6. The number of allylic oxidation sites excluding steroid dienone is 6. The van der Waals surface area contributed by atoms with Crippen LogP contribution in [0.15, 0.2) is 34.9 Å². The predicted molar refractivity (Wildman–Crippen MR) is 85.3 cm³/mol. The van der Waals surface area contributed by atoms with Crippen molar-refractivity contribution in [1.29, 1.82) is 0 Å². The molecule has 1 atom stereocenters. The molecule has 0 aliphatic rings. The van der Waals surface area contributed by atoms with Gasteiger partial charge in [0.05, 0.1) is 0 Å². The smallest absolute Gasteiger partial charge is 0.130 e. The van der Waals surface area contributed by atoms with Gasteiger partial charge in [-0.15, -0.1) is 0 Å². The van der Waals surface area contributed by atoms with Gasteiger partial charge >= 0.3 is 0 Å². The van der Waals surface area contributed by atoms with Gasteiger partial charge in [0.1, 0.15) is 5.78 Å². The van der Waals surface area contributed by atoms with Gasteiger partial charge in [-0.1, -0.05) is 34.9 Å². The van der Waals surface area contributed by atoms with E-state index in [0.717, 1.165) is 19.3 Å². The average Bonchev–Trinajstić information content (AvgIpc) is 2.26. The van der Waals surface area contributed by atoms with Crippen LogP contribution in [-0.4, -0.2) is 5.78 Å². The molecule has 1 nitrogen and oxygen atoms in total. The van der Waals surface area contributed by atoms with Crippen molar-refractivity contribution in [3.05, 3.63) is 34.9 Å². The van der Waals surface area contributed by atoms with E-state index in [9.17, 15) is 4.79 Å². The number of ketones is 1. The van der Waals surface area contributed by atoms with Gasteiger partial charge < -0.3 is 4.79 Å². The maximum Gasteiger partial charge on any atom is 0.130 e. The third-order valence-corrected chi connectivity index (χ3v) is 3.23. The van der Waals surface area contributed by atoms with Crippen LogP contribution in [-0.2, 0) is 4.79 Å². The van der Waals surface area contributed by atoms with Crippen molar-refractivity contribution in [2.24, 2.45) is 5.92 Å². The molecule has 0 saturated heterocycles. The molecular formula is C18H30O. The Kier molecular flexibility index (Phi) is 9.20. The highest BCUT2D eigenvalue weighted by atomic mass is 16.1. The summed E-state index contributed by atoms with van der Waals surface area (Å²) in [4.78, 5) is 11.3. The van der Waals surface area contributed by atoms with Crippen LogP contribution in [0.25, 0.3) is 0 Å². The van der Waals surface area contributed by atoms with Gasteiger partial charge in [0.15, 0.2) is 0 Å². The normalized spacial score (nSPS) is 14.2. The zero-order valence-corrected chi connectivity index (χ0v) is 13.5. The van der Waals surface area contributed by atoms with Gasteiger partial charge in [0.2, 0.25) is 0 Å². The number of carbonyl (C=O) groups excluding carboxylic acids is 1. The Labute approximate surface area is 119 Å². The Hall–Kier alpha value is -1.11. The van der Waals surface area contributed by atoms with E-state index < -0.39 is 0 Å². The fourth-order valence-corrected chi connectivity index (χ4v) is 2.22. The van der Waals surface area contributed by atoms with E-state index in [0.29, 0.717) is 12.3 Å². The van der Waals surface area contributed by atoms with Gasteiger partial charge in [0.25, 0.3) is 0 Å². The fourth-order valence-electron chi connectivity index (χ4n) is 2.22. The number of hydrogen-bond acceptors (Lipinski definition) is 1. The van der Waals surface area contributed by atoms with E-state index in [2.05, 4.69) is 52.8 Å². The first kappa shape index (κ1) is 17.9. The molecule has 0 heterocycles. The van der Waals surface area contributed by atoms with Crippen LogP contribution in [0.5, 0.6) is 0 Å². The molecule has 1 unspecified atom stereocenters. The Balaban J connectivity index is 4.44. The third-order valence-electron chi connectivity index (χ3n) is 3.23. The summed E-state index contributed by atoms with van der Waals surface area (Å²) < 4.78 is 0. The van der Waals surface area contributed by atoms with E-state index in [1.54, 1.807) is 6.92 Å². The number of Topliss-reactive ketones (excluding diaryl/α,β-unsaturated/α-hetero) is 1. The maximum absolute atomic E-state index is 11.3. The molecule has 0 aromatic carbocycles. The van der Waals surface area contributed by atoms with Crippen LogP contribution in [0.4, 0.5) is 0 Å². The van der Waals surface area contributed by atoms with Crippen molar-refractivity contribution in [1.82, 2.24) is 0 Å². The van der Waals surface area contributed by atoms with E-state index in [1.807, 2.05) is 0 Å². The predicted octanol–water partition coefficient (Wildman–Crippen LogP) is 5.63. The van der Waals surface area contributed by atoms with Gasteiger partial charge in [-0.05, 0) is 66.7 Å². The van der Waals surface area contributed by atoms with E-state index in [1.165, 1.54) is 16.7 Å². The highest BCUT2D eigenvalue weighted by molar-refractivity contribution is 5.76. The molecule has 0 aliphatic heterocycles. The molecule has 1 heteroatoms. The molecule has 0 fully saturated rings. The summed E-state index contributed by atoms with van der Waals surface area (Å²) in [7, 11) is 0. The van der Waals surface area contributed by atoms with Crippen LogP contribution >= 0.6 is 0 Å². The third kappa shape index (κ3) is 10.5. The first-order valence-corrected chi connectivity index (χ1v) is 7.27. The molecular weight excluding hydrogens is 232 g/mol. The molecule has 0 saturated carbocycles. The molecule has 0 rings (SSSR count). The van der Waals surface area contributed by atoms with Gasteiger partial charge in [-0.2, -0.15) is 0 Å². The van der Waals surface area contributed by atoms with Crippen LogP contribution in [0, 0.1) is 5.92 Å². The molecule has 0 bridgehead atoms. The van der Waals surface area contributed by atoms with Gasteiger partial charge in [0, 0.05) is 6.42 Å². The van der Waals surface area contributed by atoms with Crippen molar-refractivity contribution in [3.8, 4) is 0 Å². The second kappa shape index (κ2) is 9.77. The summed E-state index contributed by atoms with van der Waals surface area (Å²) in [5.41, 5.74) is 4.13. The lowest BCUT2D eigenvalue weighted by Crippen LogP contribution is -2.04. The first-order chi connectivity index (χ1) is 8.85. The summed E-state index contributed by atoms with van der Waals surface area (Å²) in [6.45, 7) is 12.3. The van der Waals surface area contributed by atoms with Gasteiger partial charge in [-0.3, -0.25) is 0 Å². The quantitative estimate of drug-likeness (QED) is 0.518. The van der Waals surface area contributed by atoms with Crippen LogP contribution in [0.1, 0.15) is 67.2 Å². The Morgan fingerprint density at radius 1 is 1.00 bits per heavy atom. The van der Waals surface area contributed by atoms with Crippen molar-refractivity contribution >= 4 is 5.78 Å². The maximum atomic E-state index is 11.3. The van der Waals surface area contributed by atoms with E-state index in [4.69, 9.17) is 0 Å². The lowest BCUT2D eigenvalue weighted by atomic mass is 9.92. The summed E-state index contributed by atoms with van der Waals surface area (Å²) in [5.74, 6) is 0.640. The Morgan fingerprint density at radius 2 is 1.63 bits per heavy atom. The largest absolute Gasteiger partial charge is 0.300 e. The van der Waals surface area contributed by atoms with Gasteiger partial charge in [-0.25, -0.2) is 0 Å². The molecule has 108 valence electrons. The minimum absolute atomic E-state index is 0.278. The second-order valence-corrected chi connectivity index (χ2v) is 5.84. The van der Waals surface area contributed by atoms with Crippen molar-refractivity contribution in [2.75, 3.05) is 0 Å². The number of rotatable bonds is 8.